The fraction of sp³-hybridized carbons (Fsp3) is 0.278. The molecule has 0 radical (unpaired) electrons. The molecule has 2 rings (SSSR count). The van der Waals surface area contributed by atoms with Crippen LogP contribution in [0.25, 0.3) is 0 Å². The number of hydrogen-bond acceptors (Lipinski definition) is 3. The minimum Gasteiger partial charge on any atom is -0.493 e. The number of thiocarbonyl (C=S) groups is 1. The molecule has 0 aliphatic carbocycles. The molecule has 0 bridgehead atoms. The molecule has 0 aliphatic rings. The van der Waals surface area contributed by atoms with Crippen molar-refractivity contribution in [1.82, 2.24) is 5.32 Å². The number of halogens is 3. The molecule has 0 amide bonds. The van der Waals surface area contributed by atoms with Gasteiger partial charge in [0.2, 0.25) is 0 Å². The maximum absolute atomic E-state index is 12.6. The molecular formula is C18H19F3N2O2S. The van der Waals surface area contributed by atoms with Crippen molar-refractivity contribution in [3.05, 3.63) is 54.1 Å². The van der Waals surface area contributed by atoms with Crippen LogP contribution in [0.15, 0.2) is 48.5 Å². The highest BCUT2D eigenvalue weighted by atomic mass is 32.1. The maximum atomic E-state index is 12.6. The first-order valence-corrected chi connectivity index (χ1v) is 8.21. The Kier molecular flexibility index (Phi) is 6.68. The van der Waals surface area contributed by atoms with Crippen LogP contribution in [0.4, 0.5) is 18.9 Å². The van der Waals surface area contributed by atoms with Gasteiger partial charge in [-0.15, -0.1) is 0 Å². The number of para-hydroxylation sites is 2. The number of rotatable bonds is 6. The fourth-order valence-electron chi connectivity index (χ4n) is 2.13. The van der Waals surface area contributed by atoms with Crippen LogP contribution >= 0.6 is 12.2 Å². The van der Waals surface area contributed by atoms with Gasteiger partial charge in [-0.05, 0) is 55.5 Å². The van der Waals surface area contributed by atoms with E-state index < -0.39 is 11.7 Å². The molecule has 0 aromatic heterocycles. The lowest BCUT2D eigenvalue weighted by molar-refractivity contribution is -0.137. The third-order valence-electron chi connectivity index (χ3n) is 3.41. The van der Waals surface area contributed by atoms with Crippen molar-refractivity contribution in [2.24, 2.45) is 0 Å². The summed E-state index contributed by atoms with van der Waals surface area (Å²) in [7, 11) is 1.56. The SMILES string of the molecule is COc1ccccc1OC[C@@H](C)NC(=S)Nc1ccc(C(F)(F)F)cc1. The fourth-order valence-corrected chi connectivity index (χ4v) is 2.45. The van der Waals surface area contributed by atoms with Gasteiger partial charge in [-0.3, -0.25) is 0 Å². The molecule has 0 fully saturated rings. The smallest absolute Gasteiger partial charge is 0.416 e. The van der Waals surface area contributed by atoms with Gasteiger partial charge in [-0.25, -0.2) is 0 Å². The Morgan fingerprint density at radius 1 is 1.08 bits per heavy atom. The molecule has 0 aliphatic heterocycles. The molecule has 0 unspecified atom stereocenters. The summed E-state index contributed by atoms with van der Waals surface area (Å²) in [4.78, 5) is 0. The lowest BCUT2D eigenvalue weighted by Gasteiger charge is -2.18. The Balaban J connectivity index is 1.83. The summed E-state index contributed by atoms with van der Waals surface area (Å²) in [6, 6.07) is 11.8. The Labute approximate surface area is 155 Å². The average molecular weight is 384 g/mol. The van der Waals surface area contributed by atoms with Gasteiger partial charge in [-0.1, -0.05) is 12.1 Å². The lowest BCUT2D eigenvalue weighted by Crippen LogP contribution is -2.39. The molecule has 0 heterocycles. The number of methoxy groups -OCH3 is 1. The predicted octanol–water partition coefficient (Wildman–Crippen LogP) is 4.47. The highest BCUT2D eigenvalue weighted by Gasteiger charge is 2.29. The summed E-state index contributed by atoms with van der Waals surface area (Å²) < 4.78 is 48.6. The van der Waals surface area contributed by atoms with E-state index in [0.717, 1.165) is 12.1 Å². The maximum Gasteiger partial charge on any atom is 0.416 e. The molecule has 0 spiro atoms. The van der Waals surface area contributed by atoms with E-state index in [-0.39, 0.29) is 6.04 Å². The second-order valence-corrected chi connectivity index (χ2v) is 5.94. The Hall–Kier alpha value is -2.48. The zero-order valence-electron chi connectivity index (χ0n) is 14.3. The second-order valence-electron chi connectivity index (χ2n) is 5.54. The highest BCUT2D eigenvalue weighted by Crippen LogP contribution is 2.29. The summed E-state index contributed by atoms with van der Waals surface area (Å²) in [5.41, 5.74) is -0.242. The zero-order chi connectivity index (χ0) is 19.2. The largest absolute Gasteiger partial charge is 0.493 e. The van der Waals surface area contributed by atoms with Crippen molar-refractivity contribution < 1.29 is 22.6 Å². The van der Waals surface area contributed by atoms with Gasteiger partial charge in [0, 0.05) is 5.69 Å². The van der Waals surface area contributed by atoms with Crippen molar-refractivity contribution in [2.45, 2.75) is 19.1 Å². The normalized spacial score (nSPS) is 12.2. The highest BCUT2D eigenvalue weighted by molar-refractivity contribution is 7.80. The monoisotopic (exact) mass is 384 g/mol. The third-order valence-corrected chi connectivity index (χ3v) is 3.63. The minimum atomic E-state index is -4.36. The van der Waals surface area contributed by atoms with E-state index >= 15 is 0 Å². The van der Waals surface area contributed by atoms with Crippen LogP contribution in [0.3, 0.4) is 0 Å². The number of benzene rings is 2. The Morgan fingerprint density at radius 3 is 2.27 bits per heavy atom. The molecule has 2 aromatic rings. The summed E-state index contributed by atoms with van der Waals surface area (Å²) in [5.74, 6) is 1.25. The van der Waals surface area contributed by atoms with E-state index in [2.05, 4.69) is 10.6 Å². The first-order valence-electron chi connectivity index (χ1n) is 7.80. The molecule has 26 heavy (non-hydrogen) atoms. The van der Waals surface area contributed by atoms with Crippen molar-refractivity contribution in [3.8, 4) is 11.5 Å². The number of nitrogens with one attached hydrogen (secondary N) is 2. The van der Waals surface area contributed by atoms with E-state index in [1.54, 1.807) is 19.2 Å². The van der Waals surface area contributed by atoms with Gasteiger partial charge in [0.15, 0.2) is 16.6 Å². The molecule has 0 saturated carbocycles. The number of alkyl halides is 3. The number of hydrogen-bond donors (Lipinski definition) is 2. The van der Waals surface area contributed by atoms with Gasteiger partial charge in [0.1, 0.15) is 6.61 Å². The molecular weight excluding hydrogens is 365 g/mol. The average Bonchev–Trinajstić information content (AvgIpc) is 2.59. The third kappa shape index (κ3) is 5.80. The summed E-state index contributed by atoms with van der Waals surface area (Å²) >= 11 is 5.17. The minimum absolute atomic E-state index is 0.130. The van der Waals surface area contributed by atoms with Gasteiger partial charge in [0.05, 0.1) is 18.7 Å². The molecule has 1 atom stereocenters. The molecule has 8 heteroatoms. The lowest BCUT2D eigenvalue weighted by atomic mass is 10.2. The number of ether oxygens (including phenoxy) is 2. The molecule has 2 aromatic carbocycles. The zero-order valence-corrected chi connectivity index (χ0v) is 15.1. The van der Waals surface area contributed by atoms with E-state index in [0.29, 0.717) is 28.9 Å². The molecule has 140 valence electrons. The van der Waals surface area contributed by atoms with Gasteiger partial charge >= 0.3 is 6.18 Å². The van der Waals surface area contributed by atoms with Crippen LogP contribution in [0.5, 0.6) is 11.5 Å². The van der Waals surface area contributed by atoms with Crippen LogP contribution in [0.1, 0.15) is 12.5 Å². The second kappa shape index (κ2) is 8.75. The molecule has 4 nitrogen and oxygen atoms in total. The van der Waals surface area contributed by atoms with Gasteiger partial charge < -0.3 is 20.1 Å². The topological polar surface area (TPSA) is 42.5 Å². The van der Waals surface area contributed by atoms with Crippen molar-refractivity contribution in [2.75, 3.05) is 19.0 Å². The van der Waals surface area contributed by atoms with Gasteiger partial charge in [0.25, 0.3) is 0 Å². The van der Waals surface area contributed by atoms with Crippen LogP contribution in [0.2, 0.25) is 0 Å². The van der Waals surface area contributed by atoms with Crippen LogP contribution < -0.4 is 20.1 Å². The van der Waals surface area contributed by atoms with Crippen molar-refractivity contribution in [3.63, 3.8) is 0 Å². The van der Waals surface area contributed by atoms with E-state index in [4.69, 9.17) is 21.7 Å². The summed E-state index contributed by atoms with van der Waals surface area (Å²) in [6.45, 7) is 2.20. The van der Waals surface area contributed by atoms with Crippen LogP contribution in [-0.4, -0.2) is 24.9 Å². The predicted molar refractivity (Wildman–Crippen MR) is 98.8 cm³/mol. The van der Waals surface area contributed by atoms with Crippen molar-refractivity contribution in [1.29, 1.82) is 0 Å². The van der Waals surface area contributed by atoms with E-state index in [1.807, 2.05) is 19.1 Å². The summed E-state index contributed by atoms with van der Waals surface area (Å²) in [5, 5.41) is 6.15. The van der Waals surface area contributed by atoms with Gasteiger partial charge in [-0.2, -0.15) is 13.2 Å². The van der Waals surface area contributed by atoms with Crippen LogP contribution in [0, 0.1) is 0 Å². The quantitative estimate of drug-likeness (QED) is 0.720. The number of anilines is 1. The first-order chi connectivity index (χ1) is 12.3. The van der Waals surface area contributed by atoms with E-state index in [9.17, 15) is 13.2 Å². The Bertz CT molecular complexity index is 736. The van der Waals surface area contributed by atoms with Crippen molar-refractivity contribution >= 4 is 23.0 Å². The molecule has 0 saturated heterocycles. The summed E-state index contributed by atoms with van der Waals surface area (Å²) in [6.07, 6.45) is -4.36. The van der Waals surface area contributed by atoms with E-state index in [1.165, 1.54) is 12.1 Å². The Morgan fingerprint density at radius 2 is 1.69 bits per heavy atom. The molecule has 2 N–H and O–H groups in total. The van der Waals surface area contributed by atoms with Crippen LogP contribution in [-0.2, 0) is 6.18 Å². The first kappa shape index (κ1) is 19.8. The standard InChI is InChI=1S/C18H19F3N2O2S/c1-12(11-25-16-6-4-3-5-15(16)24-2)22-17(26)23-14-9-7-13(8-10-14)18(19,20)21/h3-10,12H,11H2,1-2H3,(H2,22,23,26)/t12-/m1/s1.